The van der Waals surface area contributed by atoms with Gasteiger partial charge in [-0.15, -0.1) is 0 Å². The minimum absolute atomic E-state index is 0.406. The molecule has 0 radical (unpaired) electrons. The molecular weight excluding hydrogens is 412 g/mol. The molecular formula is C28H32N2O3. The van der Waals surface area contributed by atoms with Gasteiger partial charge in [0.05, 0.1) is 23.5 Å². The van der Waals surface area contributed by atoms with Crippen LogP contribution in [0.4, 0.5) is 11.4 Å². The molecule has 0 fully saturated rings. The van der Waals surface area contributed by atoms with Gasteiger partial charge in [0.2, 0.25) is 0 Å². The molecule has 5 heteroatoms. The van der Waals surface area contributed by atoms with Crippen LogP contribution in [0, 0.1) is 6.92 Å². The Bertz CT molecular complexity index is 1030. The van der Waals surface area contributed by atoms with Crippen LogP contribution >= 0.6 is 0 Å². The number of aryl methyl sites for hydroxylation is 1. The highest BCUT2D eigenvalue weighted by Crippen LogP contribution is 2.26. The number of nitrogens with zero attached hydrogens (tertiary/aromatic N) is 2. The van der Waals surface area contributed by atoms with E-state index in [1.807, 2.05) is 43.3 Å². The molecule has 3 aromatic carbocycles. The molecule has 0 bridgehead atoms. The van der Waals surface area contributed by atoms with Crippen LogP contribution in [0.5, 0.6) is 11.5 Å². The highest BCUT2D eigenvalue weighted by atomic mass is 16.5. The summed E-state index contributed by atoms with van der Waals surface area (Å²) in [6.45, 7) is 4.99. The number of unbranched alkanes of at least 4 members (excludes halogenated alkanes) is 5. The van der Waals surface area contributed by atoms with Gasteiger partial charge in [0.1, 0.15) is 11.5 Å². The third-order valence-electron chi connectivity index (χ3n) is 5.25. The molecule has 0 amide bonds. The topological polar surface area (TPSA) is 60.2 Å². The molecule has 0 saturated carbocycles. The zero-order chi connectivity index (χ0) is 23.3. The van der Waals surface area contributed by atoms with Gasteiger partial charge in [0.15, 0.2) is 0 Å². The Labute approximate surface area is 196 Å². The maximum absolute atomic E-state index is 12.2. The van der Waals surface area contributed by atoms with Crippen molar-refractivity contribution >= 4 is 17.3 Å². The summed E-state index contributed by atoms with van der Waals surface area (Å²) in [7, 11) is 0. The van der Waals surface area contributed by atoms with E-state index in [4.69, 9.17) is 9.47 Å². The smallest absolute Gasteiger partial charge is 0.343 e. The summed E-state index contributed by atoms with van der Waals surface area (Å²) in [6, 6.07) is 21.7. The van der Waals surface area contributed by atoms with Gasteiger partial charge in [0.25, 0.3) is 0 Å². The highest BCUT2D eigenvalue weighted by Gasteiger charge is 2.08. The van der Waals surface area contributed by atoms with Crippen LogP contribution in [0.25, 0.3) is 0 Å². The Kier molecular flexibility index (Phi) is 9.64. The Morgan fingerprint density at radius 2 is 1.45 bits per heavy atom. The summed E-state index contributed by atoms with van der Waals surface area (Å²) >= 11 is 0. The van der Waals surface area contributed by atoms with Crippen LogP contribution in [-0.4, -0.2) is 12.6 Å². The monoisotopic (exact) mass is 444 g/mol. The second kappa shape index (κ2) is 13.2. The molecule has 0 N–H and O–H groups in total. The van der Waals surface area contributed by atoms with Gasteiger partial charge in [-0.1, -0.05) is 57.2 Å². The molecule has 3 aromatic rings. The first-order chi connectivity index (χ1) is 16.2. The second-order valence-electron chi connectivity index (χ2n) is 8.02. The first-order valence-electron chi connectivity index (χ1n) is 11.7. The highest BCUT2D eigenvalue weighted by molar-refractivity contribution is 5.91. The standard InChI is InChI=1S/C28H32N2O3/c1-3-4-5-6-7-11-20-32-27-19-18-25(21-22(27)2)30-29-24-16-14-23(15-17-24)28(31)33-26-12-9-8-10-13-26/h8-10,12-19,21H,3-7,11,20H2,1-2H3. The number of carbonyl (C=O) groups excluding carboxylic acids is 1. The predicted octanol–water partition coefficient (Wildman–Crippen LogP) is 8.37. The molecule has 0 aliphatic carbocycles. The number of benzene rings is 3. The van der Waals surface area contributed by atoms with Crippen molar-refractivity contribution in [3.05, 3.63) is 83.9 Å². The molecule has 0 unspecified atom stereocenters. The molecule has 5 nitrogen and oxygen atoms in total. The Balaban J connectivity index is 1.49. The zero-order valence-corrected chi connectivity index (χ0v) is 19.5. The summed E-state index contributed by atoms with van der Waals surface area (Å²) < 4.78 is 11.3. The first-order valence-corrected chi connectivity index (χ1v) is 11.7. The number of rotatable bonds is 12. The first kappa shape index (κ1) is 24.2. The van der Waals surface area contributed by atoms with E-state index in [0.29, 0.717) is 17.0 Å². The molecule has 3 rings (SSSR count). The maximum atomic E-state index is 12.2. The van der Waals surface area contributed by atoms with Crippen LogP contribution < -0.4 is 9.47 Å². The summed E-state index contributed by atoms with van der Waals surface area (Å²) in [6.07, 6.45) is 7.49. The fraction of sp³-hybridized carbons (Fsp3) is 0.321. The molecule has 0 spiro atoms. The van der Waals surface area contributed by atoms with E-state index in [1.165, 1.54) is 32.1 Å². The van der Waals surface area contributed by atoms with Crippen LogP contribution in [0.2, 0.25) is 0 Å². The fourth-order valence-electron chi connectivity index (χ4n) is 3.36. The number of hydrogen-bond donors (Lipinski definition) is 0. The summed E-state index contributed by atoms with van der Waals surface area (Å²) in [5, 5.41) is 8.59. The largest absolute Gasteiger partial charge is 0.493 e. The van der Waals surface area contributed by atoms with Crippen molar-refractivity contribution in [3.63, 3.8) is 0 Å². The normalized spacial score (nSPS) is 11.0. The van der Waals surface area contributed by atoms with Crippen LogP contribution in [0.1, 0.15) is 61.4 Å². The van der Waals surface area contributed by atoms with Gasteiger partial charge in [-0.3, -0.25) is 0 Å². The summed E-state index contributed by atoms with van der Waals surface area (Å²) in [5.41, 5.74) is 2.91. The van der Waals surface area contributed by atoms with Crippen molar-refractivity contribution in [1.82, 2.24) is 0 Å². The fourth-order valence-corrected chi connectivity index (χ4v) is 3.36. The van der Waals surface area contributed by atoms with Gasteiger partial charge in [-0.25, -0.2) is 4.79 Å². The van der Waals surface area contributed by atoms with Crippen molar-refractivity contribution in [3.8, 4) is 11.5 Å². The van der Waals surface area contributed by atoms with E-state index in [-0.39, 0.29) is 0 Å². The number of carbonyl (C=O) groups is 1. The average Bonchev–Trinajstić information content (AvgIpc) is 2.84. The predicted molar refractivity (Wildman–Crippen MR) is 132 cm³/mol. The molecule has 0 saturated heterocycles. The Morgan fingerprint density at radius 3 is 2.18 bits per heavy atom. The molecule has 0 atom stereocenters. The molecule has 0 aromatic heterocycles. The van der Waals surface area contributed by atoms with Crippen molar-refractivity contribution < 1.29 is 14.3 Å². The van der Waals surface area contributed by atoms with E-state index in [0.717, 1.165) is 30.0 Å². The number of hydrogen-bond acceptors (Lipinski definition) is 5. The minimum Gasteiger partial charge on any atom is -0.493 e. The van der Waals surface area contributed by atoms with E-state index in [1.54, 1.807) is 36.4 Å². The third-order valence-corrected chi connectivity index (χ3v) is 5.25. The molecule has 0 aliphatic rings. The lowest BCUT2D eigenvalue weighted by Gasteiger charge is -2.09. The van der Waals surface area contributed by atoms with Crippen LogP contribution in [0.15, 0.2) is 83.0 Å². The third kappa shape index (κ3) is 8.19. The van der Waals surface area contributed by atoms with E-state index in [9.17, 15) is 4.79 Å². The Morgan fingerprint density at radius 1 is 0.788 bits per heavy atom. The van der Waals surface area contributed by atoms with E-state index in [2.05, 4.69) is 17.2 Å². The number of ether oxygens (including phenoxy) is 2. The molecule has 172 valence electrons. The van der Waals surface area contributed by atoms with E-state index < -0.39 is 5.97 Å². The number of para-hydroxylation sites is 1. The lowest BCUT2D eigenvalue weighted by Crippen LogP contribution is -2.07. The second-order valence-corrected chi connectivity index (χ2v) is 8.02. The number of esters is 1. The van der Waals surface area contributed by atoms with Gasteiger partial charge >= 0.3 is 5.97 Å². The van der Waals surface area contributed by atoms with Crippen LogP contribution in [0.3, 0.4) is 0 Å². The van der Waals surface area contributed by atoms with E-state index >= 15 is 0 Å². The van der Waals surface area contributed by atoms with Gasteiger partial charge in [-0.2, -0.15) is 10.2 Å². The van der Waals surface area contributed by atoms with Gasteiger partial charge in [0, 0.05) is 0 Å². The van der Waals surface area contributed by atoms with Crippen molar-refractivity contribution in [1.29, 1.82) is 0 Å². The van der Waals surface area contributed by atoms with Crippen LogP contribution in [-0.2, 0) is 0 Å². The lowest BCUT2D eigenvalue weighted by molar-refractivity contribution is 0.0735. The SMILES string of the molecule is CCCCCCCCOc1ccc(N=Nc2ccc(C(=O)Oc3ccccc3)cc2)cc1C. The summed E-state index contributed by atoms with van der Waals surface area (Å²) in [5.74, 6) is 1.00. The maximum Gasteiger partial charge on any atom is 0.343 e. The van der Waals surface area contributed by atoms with Gasteiger partial charge < -0.3 is 9.47 Å². The molecule has 0 heterocycles. The average molecular weight is 445 g/mol. The molecule has 0 aliphatic heterocycles. The Hall–Kier alpha value is -3.47. The summed E-state index contributed by atoms with van der Waals surface area (Å²) in [4.78, 5) is 12.2. The van der Waals surface area contributed by atoms with Crippen molar-refractivity contribution in [2.45, 2.75) is 52.4 Å². The quantitative estimate of drug-likeness (QED) is 0.122. The van der Waals surface area contributed by atoms with Gasteiger partial charge in [-0.05, 0) is 73.5 Å². The minimum atomic E-state index is -0.406. The van der Waals surface area contributed by atoms with Crippen molar-refractivity contribution in [2.24, 2.45) is 10.2 Å². The number of azo groups is 1. The zero-order valence-electron chi connectivity index (χ0n) is 19.5. The molecule has 33 heavy (non-hydrogen) atoms. The van der Waals surface area contributed by atoms with Crippen molar-refractivity contribution in [2.75, 3.05) is 6.61 Å². The lowest BCUT2D eigenvalue weighted by atomic mass is 10.1.